The first kappa shape index (κ1) is 22.9. The van der Waals surface area contributed by atoms with Crippen LogP contribution in [0.2, 0.25) is 0 Å². The van der Waals surface area contributed by atoms with Crippen LogP contribution in [0.15, 0.2) is 48.5 Å². The Morgan fingerprint density at radius 2 is 1.59 bits per heavy atom. The van der Waals surface area contributed by atoms with Crippen molar-refractivity contribution >= 4 is 0 Å². The fraction of sp³-hybridized carbons (Fsp3) is 0.480. The van der Waals surface area contributed by atoms with Crippen molar-refractivity contribution in [2.24, 2.45) is 0 Å². The first-order chi connectivity index (χ1) is 12.4. The summed E-state index contributed by atoms with van der Waals surface area (Å²) < 4.78 is 0. The summed E-state index contributed by atoms with van der Waals surface area (Å²) in [5.41, 5.74) is 5.13. The maximum atomic E-state index is 9.08. The third-order valence-electron chi connectivity index (χ3n) is 5.21. The second-order valence-corrected chi connectivity index (χ2v) is 7.70. The Kier molecular flexibility index (Phi) is 9.26. The topological polar surface area (TPSA) is 27.0 Å². The molecule has 2 aromatic rings. The van der Waals surface area contributed by atoms with Gasteiger partial charge in [0, 0.05) is 18.0 Å². The van der Waals surface area contributed by atoms with E-state index in [1.807, 2.05) is 0 Å². The average molecular weight is 365 g/mol. The highest BCUT2D eigenvalue weighted by molar-refractivity contribution is 5.40. The van der Waals surface area contributed by atoms with Gasteiger partial charge in [0.05, 0.1) is 12.5 Å². The van der Waals surface area contributed by atoms with Gasteiger partial charge in [-0.2, -0.15) is 5.26 Å². The van der Waals surface area contributed by atoms with Gasteiger partial charge in [0.2, 0.25) is 0 Å². The molecule has 0 radical (unpaired) electrons. The lowest BCUT2D eigenvalue weighted by Crippen LogP contribution is -2.38. The number of hydrogen-bond donors (Lipinski definition) is 0. The van der Waals surface area contributed by atoms with Gasteiger partial charge in [-0.25, -0.2) is 0 Å². The Bertz CT molecular complexity index is 718. The Morgan fingerprint density at radius 3 is 2.15 bits per heavy atom. The van der Waals surface area contributed by atoms with E-state index in [0.29, 0.717) is 24.4 Å². The molecule has 146 valence electrons. The maximum absolute atomic E-state index is 9.08. The standard InChI is InChI=1S/C24H32N2.CH4/c1-18(2)26(19(3)4)16-14-23(22-9-7-6-8-10-22)24-17-21(13-15-25)12-11-20(24)5;/h6-12,17-19,23H,13-14,16H2,1-5H3;1H4. The van der Waals surface area contributed by atoms with Gasteiger partial charge >= 0.3 is 0 Å². The molecule has 2 aromatic carbocycles. The molecule has 0 aliphatic carbocycles. The number of nitrogens with zero attached hydrogens (tertiary/aromatic N) is 2. The van der Waals surface area contributed by atoms with E-state index in [4.69, 9.17) is 5.26 Å². The minimum absolute atomic E-state index is 0. The molecule has 0 bridgehead atoms. The molecule has 27 heavy (non-hydrogen) atoms. The van der Waals surface area contributed by atoms with Crippen LogP contribution in [0, 0.1) is 18.3 Å². The quantitative estimate of drug-likeness (QED) is 0.546. The fourth-order valence-corrected chi connectivity index (χ4v) is 3.84. The Morgan fingerprint density at radius 1 is 0.963 bits per heavy atom. The normalized spacial score (nSPS) is 12.1. The molecule has 1 unspecified atom stereocenters. The van der Waals surface area contributed by atoms with Crippen LogP contribution in [-0.4, -0.2) is 23.5 Å². The number of rotatable bonds is 8. The van der Waals surface area contributed by atoms with E-state index in [1.54, 1.807) is 0 Å². The summed E-state index contributed by atoms with van der Waals surface area (Å²) in [6.07, 6.45) is 1.55. The summed E-state index contributed by atoms with van der Waals surface area (Å²) >= 11 is 0. The zero-order chi connectivity index (χ0) is 19.1. The third kappa shape index (κ3) is 6.22. The lowest BCUT2D eigenvalue weighted by atomic mass is 9.84. The van der Waals surface area contributed by atoms with Crippen LogP contribution in [-0.2, 0) is 6.42 Å². The summed E-state index contributed by atoms with van der Waals surface area (Å²) in [5.74, 6) is 0.356. The molecule has 0 spiro atoms. The molecule has 2 heteroatoms. The van der Waals surface area contributed by atoms with Gasteiger partial charge in [-0.3, -0.25) is 4.90 Å². The first-order valence-electron chi connectivity index (χ1n) is 9.71. The number of aryl methyl sites for hydroxylation is 1. The number of benzene rings is 2. The second kappa shape index (κ2) is 10.9. The Balaban J connectivity index is 0.00000364. The van der Waals surface area contributed by atoms with Crippen LogP contribution in [0.1, 0.15) is 69.7 Å². The molecule has 0 saturated heterocycles. The number of hydrogen-bond acceptors (Lipinski definition) is 2. The van der Waals surface area contributed by atoms with Crippen molar-refractivity contribution < 1.29 is 0 Å². The van der Waals surface area contributed by atoms with Crippen LogP contribution in [0.25, 0.3) is 0 Å². The zero-order valence-corrected chi connectivity index (χ0v) is 16.9. The molecule has 0 aliphatic rings. The number of nitriles is 1. The SMILES string of the molecule is C.Cc1ccc(CC#N)cc1C(CCN(C(C)C)C(C)C)c1ccccc1. The van der Waals surface area contributed by atoms with Crippen molar-refractivity contribution in [3.63, 3.8) is 0 Å². The molecular weight excluding hydrogens is 328 g/mol. The van der Waals surface area contributed by atoms with Gasteiger partial charge in [-0.15, -0.1) is 0 Å². The van der Waals surface area contributed by atoms with E-state index >= 15 is 0 Å². The molecule has 0 aromatic heterocycles. The van der Waals surface area contributed by atoms with E-state index in [9.17, 15) is 0 Å². The molecule has 2 nitrogen and oxygen atoms in total. The molecule has 1 atom stereocenters. The van der Waals surface area contributed by atoms with Gasteiger partial charge in [-0.1, -0.05) is 56.0 Å². The molecule has 0 amide bonds. The predicted octanol–water partition coefficient (Wildman–Crippen LogP) is 6.34. The highest BCUT2D eigenvalue weighted by Gasteiger charge is 2.20. The predicted molar refractivity (Wildman–Crippen MR) is 117 cm³/mol. The van der Waals surface area contributed by atoms with Gasteiger partial charge < -0.3 is 0 Å². The van der Waals surface area contributed by atoms with E-state index in [1.165, 1.54) is 16.7 Å². The van der Waals surface area contributed by atoms with Crippen molar-refractivity contribution in [3.8, 4) is 6.07 Å². The lowest BCUT2D eigenvalue weighted by Gasteiger charge is -2.32. The van der Waals surface area contributed by atoms with Crippen molar-refractivity contribution in [1.29, 1.82) is 5.26 Å². The van der Waals surface area contributed by atoms with Crippen LogP contribution >= 0.6 is 0 Å². The Hall–Kier alpha value is -2.11. The van der Waals surface area contributed by atoms with Crippen molar-refractivity contribution in [1.82, 2.24) is 4.90 Å². The zero-order valence-electron chi connectivity index (χ0n) is 16.9. The van der Waals surface area contributed by atoms with Gasteiger partial charge in [-0.05, 0) is 69.8 Å². The minimum atomic E-state index is 0. The highest BCUT2D eigenvalue weighted by Crippen LogP contribution is 2.32. The van der Waals surface area contributed by atoms with Crippen LogP contribution in [0.5, 0.6) is 0 Å². The summed E-state index contributed by atoms with van der Waals surface area (Å²) in [5, 5.41) is 9.08. The monoisotopic (exact) mass is 364 g/mol. The van der Waals surface area contributed by atoms with Crippen molar-refractivity contribution in [2.75, 3.05) is 6.54 Å². The lowest BCUT2D eigenvalue weighted by molar-refractivity contribution is 0.170. The molecule has 0 N–H and O–H groups in total. The minimum Gasteiger partial charge on any atom is -0.299 e. The van der Waals surface area contributed by atoms with Gasteiger partial charge in [0.25, 0.3) is 0 Å². The van der Waals surface area contributed by atoms with Gasteiger partial charge in [0.1, 0.15) is 0 Å². The molecule has 2 rings (SSSR count). The molecule has 0 fully saturated rings. The second-order valence-electron chi connectivity index (χ2n) is 7.70. The van der Waals surface area contributed by atoms with Crippen molar-refractivity contribution in [2.45, 2.75) is 72.9 Å². The highest BCUT2D eigenvalue weighted by atomic mass is 15.2. The summed E-state index contributed by atoms with van der Waals surface area (Å²) in [6.45, 7) is 12.3. The van der Waals surface area contributed by atoms with Crippen molar-refractivity contribution in [3.05, 3.63) is 70.8 Å². The smallest absolute Gasteiger partial charge is 0.0669 e. The summed E-state index contributed by atoms with van der Waals surface area (Å²) in [7, 11) is 0. The van der Waals surface area contributed by atoms with Crippen LogP contribution in [0.3, 0.4) is 0 Å². The van der Waals surface area contributed by atoms with Gasteiger partial charge in [0.15, 0.2) is 0 Å². The molecule has 0 aliphatic heterocycles. The molecule has 0 saturated carbocycles. The largest absolute Gasteiger partial charge is 0.299 e. The Labute approximate surface area is 166 Å². The summed E-state index contributed by atoms with van der Waals surface area (Å²) in [6, 6.07) is 20.6. The fourth-order valence-electron chi connectivity index (χ4n) is 3.84. The first-order valence-corrected chi connectivity index (χ1v) is 9.71. The molecule has 0 heterocycles. The maximum Gasteiger partial charge on any atom is 0.0669 e. The molecular formula is C25H36N2. The third-order valence-corrected chi connectivity index (χ3v) is 5.21. The average Bonchev–Trinajstić information content (AvgIpc) is 2.61. The van der Waals surface area contributed by atoms with Crippen LogP contribution in [0.4, 0.5) is 0 Å². The van der Waals surface area contributed by atoms with E-state index in [0.717, 1.165) is 18.5 Å². The van der Waals surface area contributed by atoms with E-state index in [2.05, 4.69) is 94.1 Å². The van der Waals surface area contributed by atoms with E-state index in [-0.39, 0.29) is 7.43 Å². The van der Waals surface area contributed by atoms with Crippen LogP contribution < -0.4 is 0 Å². The van der Waals surface area contributed by atoms with E-state index < -0.39 is 0 Å². The summed E-state index contributed by atoms with van der Waals surface area (Å²) in [4.78, 5) is 2.56.